The van der Waals surface area contributed by atoms with E-state index in [0.717, 1.165) is 5.56 Å². The van der Waals surface area contributed by atoms with Gasteiger partial charge in [-0.2, -0.15) is 0 Å². The highest BCUT2D eigenvalue weighted by molar-refractivity contribution is 6.35. The molecule has 2 aromatic heterocycles. The molecule has 0 unspecified atom stereocenters. The van der Waals surface area contributed by atoms with Crippen LogP contribution >= 0.6 is 23.2 Å². The highest BCUT2D eigenvalue weighted by Gasteiger charge is 2.17. The van der Waals surface area contributed by atoms with Crippen LogP contribution in [0.5, 0.6) is 0 Å². The third kappa shape index (κ3) is 3.02. The summed E-state index contributed by atoms with van der Waals surface area (Å²) < 4.78 is 1.50. The first-order valence-corrected chi connectivity index (χ1v) is 7.91. The van der Waals surface area contributed by atoms with Crippen LogP contribution in [0.1, 0.15) is 21.6 Å². The minimum atomic E-state index is -0.367. The second-order valence-corrected chi connectivity index (χ2v) is 6.27. The molecule has 3 rings (SSSR count). The Balaban J connectivity index is 1.93. The molecule has 0 aliphatic rings. The van der Waals surface area contributed by atoms with E-state index in [4.69, 9.17) is 23.2 Å². The predicted molar refractivity (Wildman–Crippen MR) is 93.7 cm³/mol. The van der Waals surface area contributed by atoms with Crippen LogP contribution in [0, 0.1) is 6.92 Å². The number of carbonyl (C=O) groups is 1. The van der Waals surface area contributed by atoms with Gasteiger partial charge in [-0.15, -0.1) is 0 Å². The number of H-pyrrole nitrogens is 1. The van der Waals surface area contributed by atoms with Crippen molar-refractivity contribution in [1.82, 2.24) is 20.1 Å². The summed E-state index contributed by atoms with van der Waals surface area (Å²) in [5.41, 5.74) is 1.75. The summed E-state index contributed by atoms with van der Waals surface area (Å²) in [6.07, 6.45) is 0. The van der Waals surface area contributed by atoms with Crippen molar-refractivity contribution in [3.8, 4) is 0 Å². The molecule has 0 saturated carbocycles. The van der Waals surface area contributed by atoms with Crippen LogP contribution in [0.3, 0.4) is 0 Å². The summed E-state index contributed by atoms with van der Waals surface area (Å²) in [5.74, 6) is -0.367. The Morgan fingerprint density at radius 2 is 2.08 bits per heavy atom. The van der Waals surface area contributed by atoms with E-state index in [2.05, 4.69) is 15.4 Å². The first-order chi connectivity index (χ1) is 11.4. The highest BCUT2D eigenvalue weighted by atomic mass is 35.5. The lowest BCUT2D eigenvalue weighted by Gasteiger charge is -2.08. The van der Waals surface area contributed by atoms with Crippen molar-refractivity contribution in [2.24, 2.45) is 7.05 Å². The first kappa shape index (κ1) is 16.5. The van der Waals surface area contributed by atoms with Crippen molar-refractivity contribution in [2.45, 2.75) is 13.5 Å². The molecular weight excluding hydrogens is 351 g/mol. The van der Waals surface area contributed by atoms with Crippen LogP contribution in [-0.4, -0.2) is 20.7 Å². The molecule has 2 N–H and O–H groups in total. The molecule has 1 amide bonds. The van der Waals surface area contributed by atoms with Gasteiger partial charge in [0.15, 0.2) is 5.65 Å². The Morgan fingerprint density at radius 1 is 1.33 bits per heavy atom. The number of aromatic amines is 1. The minimum Gasteiger partial charge on any atom is -0.348 e. The number of aryl methyl sites for hydroxylation is 2. The van der Waals surface area contributed by atoms with Gasteiger partial charge in [0.05, 0.1) is 10.9 Å². The molecule has 124 valence electrons. The van der Waals surface area contributed by atoms with Crippen LogP contribution in [0.25, 0.3) is 11.0 Å². The van der Waals surface area contributed by atoms with Crippen molar-refractivity contribution >= 4 is 40.1 Å². The lowest BCUT2D eigenvalue weighted by atomic mass is 10.1. The van der Waals surface area contributed by atoms with Crippen molar-refractivity contribution in [3.05, 3.63) is 61.5 Å². The van der Waals surface area contributed by atoms with Crippen molar-refractivity contribution < 1.29 is 4.79 Å². The number of fused-ring (bicyclic) bond motifs is 1. The maximum absolute atomic E-state index is 12.6. The number of hydrogen-bond donors (Lipinski definition) is 2. The monoisotopic (exact) mass is 364 g/mol. The van der Waals surface area contributed by atoms with Gasteiger partial charge < -0.3 is 5.32 Å². The van der Waals surface area contributed by atoms with Crippen LogP contribution < -0.4 is 10.9 Å². The maximum atomic E-state index is 12.6. The van der Waals surface area contributed by atoms with Gasteiger partial charge in [-0.25, -0.2) is 4.98 Å². The van der Waals surface area contributed by atoms with Gasteiger partial charge in [-0.3, -0.25) is 19.4 Å². The number of rotatable bonds is 3. The topological polar surface area (TPSA) is 79.8 Å². The Bertz CT molecular complexity index is 1010. The van der Waals surface area contributed by atoms with E-state index in [0.29, 0.717) is 21.4 Å². The normalized spacial score (nSPS) is 11.0. The van der Waals surface area contributed by atoms with Crippen molar-refractivity contribution in [2.75, 3.05) is 0 Å². The fourth-order valence-corrected chi connectivity index (χ4v) is 2.97. The third-order valence-corrected chi connectivity index (χ3v) is 4.23. The summed E-state index contributed by atoms with van der Waals surface area (Å²) in [5, 5.41) is 6.65. The van der Waals surface area contributed by atoms with Gasteiger partial charge >= 0.3 is 0 Å². The van der Waals surface area contributed by atoms with Crippen molar-refractivity contribution in [1.29, 1.82) is 0 Å². The number of hydrogen-bond acceptors (Lipinski definition) is 3. The molecule has 0 bridgehead atoms. The average Bonchev–Trinajstić information content (AvgIpc) is 2.80. The summed E-state index contributed by atoms with van der Waals surface area (Å²) >= 11 is 12.0. The van der Waals surface area contributed by atoms with Crippen LogP contribution in [-0.2, 0) is 13.6 Å². The van der Waals surface area contributed by atoms with Crippen LogP contribution in [0.4, 0.5) is 0 Å². The fraction of sp³-hybridized carbons (Fsp3) is 0.188. The number of aromatic nitrogens is 3. The molecule has 3 aromatic rings. The molecule has 24 heavy (non-hydrogen) atoms. The Morgan fingerprint density at radius 3 is 2.79 bits per heavy atom. The second-order valence-electron chi connectivity index (χ2n) is 5.43. The van der Waals surface area contributed by atoms with E-state index in [1.807, 2.05) is 0 Å². The quantitative estimate of drug-likeness (QED) is 0.749. The molecule has 0 saturated heterocycles. The van der Waals surface area contributed by atoms with E-state index < -0.39 is 0 Å². The number of pyridine rings is 1. The third-order valence-electron chi connectivity index (χ3n) is 3.64. The SMILES string of the molecule is Cc1cc(C(=O)NCc2ccc(Cl)cc2Cl)c2c(=O)[nH]n(C)c2n1. The summed E-state index contributed by atoms with van der Waals surface area (Å²) in [6.45, 7) is 1.99. The van der Waals surface area contributed by atoms with Crippen molar-refractivity contribution in [3.63, 3.8) is 0 Å². The Hall–Kier alpha value is -2.31. The Kier molecular flexibility index (Phi) is 4.34. The number of amides is 1. The van der Waals surface area contributed by atoms with Crippen LogP contribution in [0.15, 0.2) is 29.1 Å². The molecule has 0 radical (unpaired) electrons. The fourth-order valence-electron chi connectivity index (χ4n) is 2.50. The summed E-state index contributed by atoms with van der Waals surface area (Å²) in [6, 6.07) is 6.65. The standard InChI is InChI=1S/C16H14Cl2N4O2/c1-8-5-11(13-14(20-8)22(2)21-16(13)24)15(23)19-7-9-3-4-10(17)6-12(9)18/h3-6H,7H2,1-2H3,(H,19,23)(H,21,24). The summed E-state index contributed by atoms with van der Waals surface area (Å²) in [7, 11) is 1.67. The zero-order valence-electron chi connectivity index (χ0n) is 13.0. The van der Waals surface area contributed by atoms with Gasteiger partial charge in [0.25, 0.3) is 11.5 Å². The molecule has 6 nitrogen and oxygen atoms in total. The molecule has 0 aliphatic carbocycles. The number of nitrogens with one attached hydrogen (secondary N) is 2. The molecule has 1 aromatic carbocycles. The lowest BCUT2D eigenvalue weighted by molar-refractivity contribution is 0.0952. The molecular formula is C16H14Cl2N4O2. The highest BCUT2D eigenvalue weighted by Crippen LogP contribution is 2.21. The lowest BCUT2D eigenvalue weighted by Crippen LogP contribution is -2.24. The number of benzene rings is 1. The average molecular weight is 365 g/mol. The van der Waals surface area contributed by atoms with E-state index >= 15 is 0 Å². The summed E-state index contributed by atoms with van der Waals surface area (Å²) in [4.78, 5) is 28.9. The molecule has 0 atom stereocenters. The van der Waals surface area contributed by atoms with E-state index in [1.54, 1.807) is 38.2 Å². The molecule has 0 aliphatic heterocycles. The second kappa shape index (κ2) is 6.30. The first-order valence-electron chi connectivity index (χ1n) is 7.15. The number of nitrogens with zero attached hydrogens (tertiary/aromatic N) is 2. The molecule has 0 spiro atoms. The van der Waals surface area contributed by atoms with E-state index in [-0.39, 0.29) is 29.0 Å². The van der Waals surface area contributed by atoms with Gasteiger partial charge in [0.1, 0.15) is 0 Å². The molecule has 0 fully saturated rings. The number of halogens is 2. The maximum Gasteiger partial charge on any atom is 0.274 e. The van der Waals surface area contributed by atoms with E-state index in [1.165, 1.54) is 4.68 Å². The van der Waals surface area contributed by atoms with E-state index in [9.17, 15) is 9.59 Å². The van der Waals surface area contributed by atoms with Gasteiger partial charge in [-0.05, 0) is 30.7 Å². The van der Waals surface area contributed by atoms with Gasteiger partial charge in [0.2, 0.25) is 0 Å². The number of carbonyl (C=O) groups excluding carboxylic acids is 1. The zero-order chi connectivity index (χ0) is 17.4. The Labute approximate surface area is 147 Å². The molecule has 2 heterocycles. The largest absolute Gasteiger partial charge is 0.348 e. The smallest absolute Gasteiger partial charge is 0.274 e. The zero-order valence-corrected chi connectivity index (χ0v) is 14.5. The van der Waals surface area contributed by atoms with Gasteiger partial charge in [-0.1, -0.05) is 29.3 Å². The minimum absolute atomic E-state index is 0.225. The molecule has 8 heteroatoms. The predicted octanol–water partition coefficient (Wildman–Crippen LogP) is 2.81. The van der Waals surface area contributed by atoms with Gasteiger partial charge in [0, 0.05) is 29.3 Å². The van der Waals surface area contributed by atoms with Crippen LogP contribution in [0.2, 0.25) is 10.0 Å².